The van der Waals surface area contributed by atoms with Crippen LogP contribution in [0.2, 0.25) is 4.34 Å². The zero-order chi connectivity index (χ0) is 19.5. The number of nitrogens with one attached hydrogen (secondary N) is 1. The van der Waals surface area contributed by atoms with Crippen molar-refractivity contribution in [3.8, 4) is 0 Å². The van der Waals surface area contributed by atoms with Crippen LogP contribution in [0.4, 0.5) is 4.79 Å². The van der Waals surface area contributed by atoms with E-state index in [0.29, 0.717) is 30.3 Å². The minimum atomic E-state index is -3.74. The van der Waals surface area contributed by atoms with Gasteiger partial charge in [-0.2, -0.15) is 0 Å². The molecule has 1 atom stereocenters. The van der Waals surface area contributed by atoms with Gasteiger partial charge in [-0.1, -0.05) is 11.6 Å². The van der Waals surface area contributed by atoms with E-state index in [-0.39, 0.29) is 22.8 Å². The molecule has 7 nitrogen and oxygen atoms in total. The molecule has 0 aromatic carbocycles. The minimum absolute atomic E-state index is 0.0658. The largest absolute Gasteiger partial charge is 0.444 e. The number of halogens is 1. The smallest absolute Gasteiger partial charge is 0.410 e. The molecule has 2 rings (SSSR count). The molecule has 0 aliphatic carbocycles. The number of hydrogen-bond acceptors (Lipinski definition) is 6. The highest BCUT2D eigenvalue weighted by Crippen LogP contribution is 2.27. The summed E-state index contributed by atoms with van der Waals surface area (Å²) in [5.41, 5.74) is -0.556. The van der Waals surface area contributed by atoms with Crippen LogP contribution in [-0.4, -0.2) is 55.9 Å². The summed E-state index contributed by atoms with van der Waals surface area (Å²) >= 11 is 6.77. The maximum absolute atomic E-state index is 12.4. The SMILES string of the molecule is CC(C)(C)OC(=O)N1CCC(C(CO)NS(=O)(=O)c2ccc(Cl)s2)CC1. The number of carbonyl (C=O) groups is 1. The third kappa shape index (κ3) is 5.82. The van der Waals surface area contributed by atoms with Crippen molar-refractivity contribution in [1.82, 2.24) is 9.62 Å². The number of carbonyl (C=O) groups excluding carboxylic acids is 1. The van der Waals surface area contributed by atoms with Crippen LogP contribution in [0.5, 0.6) is 0 Å². The molecule has 1 aromatic rings. The van der Waals surface area contributed by atoms with Crippen molar-refractivity contribution >= 4 is 39.1 Å². The molecule has 1 saturated heterocycles. The van der Waals surface area contributed by atoms with Gasteiger partial charge in [-0.3, -0.25) is 0 Å². The molecule has 0 saturated carbocycles. The average Bonchev–Trinajstić information content (AvgIpc) is 2.99. The van der Waals surface area contributed by atoms with Gasteiger partial charge in [0.15, 0.2) is 0 Å². The van der Waals surface area contributed by atoms with Crippen LogP contribution >= 0.6 is 22.9 Å². The first-order chi connectivity index (χ1) is 12.0. The van der Waals surface area contributed by atoms with Gasteiger partial charge in [0.05, 0.1) is 10.9 Å². The predicted octanol–water partition coefficient (Wildman–Crippen LogP) is 2.69. The van der Waals surface area contributed by atoms with E-state index in [0.717, 1.165) is 11.3 Å². The molecule has 1 amide bonds. The lowest BCUT2D eigenvalue weighted by Gasteiger charge is -2.36. The Morgan fingerprint density at radius 3 is 2.50 bits per heavy atom. The number of piperidine rings is 1. The van der Waals surface area contributed by atoms with E-state index in [2.05, 4.69) is 4.72 Å². The van der Waals surface area contributed by atoms with Crippen LogP contribution in [0, 0.1) is 5.92 Å². The molecule has 1 aliphatic rings. The maximum Gasteiger partial charge on any atom is 0.410 e. The first-order valence-electron chi connectivity index (χ1n) is 8.38. The Hall–Kier alpha value is -0.870. The summed E-state index contributed by atoms with van der Waals surface area (Å²) in [6, 6.07) is 2.35. The van der Waals surface area contributed by atoms with Crippen LogP contribution in [0.3, 0.4) is 0 Å². The van der Waals surface area contributed by atoms with Gasteiger partial charge in [-0.05, 0) is 51.7 Å². The molecule has 0 spiro atoms. The van der Waals surface area contributed by atoms with Crippen LogP contribution in [-0.2, 0) is 14.8 Å². The second-order valence-electron chi connectivity index (χ2n) is 7.27. The first kappa shape index (κ1) is 21.4. The zero-order valence-electron chi connectivity index (χ0n) is 15.1. The highest BCUT2D eigenvalue weighted by Gasteiger charge is 2.33. The summed E-state index contributed by atoms with van der Waals surface area (Å²) in [4.78, 5) is 13.7. The molecule has 26 heavy (non-hydrogen) atoms. The van der Waals surface area contributed by atoms with Crippen LogP contribution in [0.15, 0.2) is 16.3 Å². The van der Waals surface area contributed by atoms with Crippen molar-refractivity contribution in [2.24, 2.45) is 5.92 Å². The normalized spacial score (nSPS) is 18.0. The number of hydrogen-bond donors (Lipinski definition) is 2. The molecule has 1 unspecified atom stereocenters. The van der Waals surface area contributed by atoms with Crippen molar-refractivity contribution in [2.75, 3.05) is 19.7 Å². The van der Waals surface area contributed by atoms with E-state index < -0.39 is 21.7 Å². The standard InChI is InChI=1S/C16H25ClN2O5S2/c1-16(2,3)24-15(21)19-8-6-11(7-9-19)12(10-20)18-26(22,23)14-5-4-13(17)25-14/h4-5,11-12,18,20H,6-10H2,1-3H3. The Balaban J connectivity index is 1.95. The fourth-order valence-electron chi connectivity index (χ4n) is 2.79. The summed E-state index contributed by atoms with van der Waals surface area (Å²) in [5.74, 6) is -0.0658. The monoisotopic (exact) mass is 424 g/mol. The lowest BCUT2D eigenvalue weighted by molar-refractivity contribution is 0.0163. The Morgan fingerprint density at radius 1 is 1.42 bits per heavy atom. The number of thiophene rings is 1. The molecular formula is C16H25ClN2O5S2. The fourth-order valence-corrected chi connectivity index (χ4v) is 5.59. The summed E-state index contributed by atoms with van der Waals surface area (Å²) in [5, 5.41) is 9.67. The number of nitrogens with zero attached hydrogens (tertiary/aromatic N) is 1. The molecule has 0 radical (unpaired) electrons. The van der Waals surface area contributed by atoms with Gasteiger partial charge in [0.2, 0.25) is 10.0 Å². The Labute approximate surface area is 163 Å². The molecule has 1 aliphatic heterocycles. The van der Waals surface area contributed by atoms with Crippen LogP contribution < -0.4 is 4.72 Å². The highest BCUT2D eigenvalue weighted by atomic mass is 35.5. The van der Waals surface area contributed by atoms with Gasteiger partial charge in [0.1, 0.15) is 9.81 Å². The van der Waals surface area contributed by atoms with Gasteiger partial charge in [0.25, 0.3) is 0 Å². The summed E-state index contributed by atoms with van der Waals surface area (Å²) in [6.45, 7) is 6.04. The fraction of sp³-hybridized carbons (Fsp3) is 0.688. The van der Waals surface area contributed by atoms with Gasteiger partial charge in [-0.25, -0.2) is 17.9 Å². The molecule has 1 fully saturated rings. The van der Waals surface area contributed by atoms with E-state index in [1.54, 1.807) is 4.90 Å². The zero-order valence-corrected chi connectivity index (χ0v) is 17.5. The average molecular weight is 425 g/mol. The van der Waals surface area contributed by atoms with Crippen LogP contribution in [0.1, 0.15) is 33.6 Å². The van der Waals surface area contributed by atoms with Crippen molar-refractivity contribution in [1.29, 1.82) is 0 Å². The summed E-state index contributed by atoms with van der Waals surface area (Å²) < 4.78 is 33.3. The lowest BCUT2D eigenvalue weighted by atomic mass is 9.90. The van der Waals surface area contributed by atoms with Crippen molar-refractivity contribution < 1.29 is 23.1 Å². The number of aliphatic hydroxyl groups is 1. The molecule has 0 bridgehead atoms. The molecular weight excluding hydrogens is 400 g/mol. The quantitative estimate of drug-likeness (QED) is 0.757. The van der Waals surface area contributed by atoms with Crippen molar-refractivity contribution in [3.63, 3.8) is 0 Å². The molecule has 2 heterocycles. The summed E-state index contributed by atoms with van der Waals surface area (Å²) in [6.07, 6.45) is 0.793. The Kier molecular flexibility index (Phi) is 6.95. The Morgan fingerprint density at radius 2 is 2.04 bits per heavy atom. The number of likely N-dealkylation sites (tertiary alicyclic amines) is 1. The van der Waals surface area contributed by atoms with Gasteiger partial charge >= 0.3 is 6.09 Å². The molecule has 1 aromatic heterocycles. The number of rotatable bonds is 5. The number of ether oxygens (including phenoxy) is 1. The van der Waals surface area contributed by atoms with E-state index in [4.69, 9.17) is 16.3 Å². The third-order valence-electron chi connectivity index (χ3n) is 4.08. The second-order valence-corrected chi connectivity index (χ2v) is 10.9. The predicted molar refractivity (Wildman–Crippen MR) is 101 cm³/mol. The number of amides is 1. The van der Waals surface area contributed by atoms with Gasteiger partial charge < -0.3 is 14.7 Å². The maximum atomic E-state index is 12.4. The third-order valence-corrected chi connectivity index (χ3v) is 7.29. The first-order valence-corrected chi connectivity index (χ1v) is 11.1. The minimum Gasteiger partial charge on any atom is -0.444 e. The summed E-state index contributed by atoms with van der Waals surface area (Å²) in [7, 11) is -3.74. The van der Waals surface area contributed by atoms with E-state index in [1.807, 2.05) is 20.8 Å². The van der Waals surface area contributed by atoms with Crippen molar-refractivity contribution in [2.45, 2.75) is 49.5 Å². The number of aliphatic hydroxyl groups excluding tert-OH is 1. The van der Waals surface area contributed by atoms with E-state index in [1.165, 1.54) is 12.1 Å². The molecule has 10 heteroatoms. The van der Waals surface area contributed by atoms with Gasteiger partial charge in [-0.15, -0.1) is 11.3 Å². The van der Waals surface area contributed by atoms with E-state index in [9.17, 15) is 18.3 Å². The highest BCUT2D eigenvalue weighted by molar-refractivity contribution is 7.91. The van der Waals surface area contributed by atoms with Gasteiger partial charge in [0, 0.05) is 19.1 Å². The number of sulfonamides is 1. The molecule has 2 N–H and O–H groups in total. The molecule has 148 valence electrons. The lowest BCUT2D eigenvalue weighted by Crippen LogP contribution is -2.48. The topological polar surface area (TPSA) is 95.9 Å². The Bertz CT molecular complexity index is 721. The van der Waals surface area contributed by atoms with E-state index >= 15 is 0 Å². The second kappa shape index (κ2) is 8.43. The van der Waals surface area contributed by atoms with Crippen molar-refractivity contribution in [3.05, 3.63) is 16.5 Å². The van der Waals surface area contributed by atoms with Crippen LogP contribution in [0.25, 0.3) is 0 Å².